The Morgan fingerprint density at radius 1 is 0.764 bits per heavy atom. The lowest BCUT2D eigenvalue weighted by Crippen LogP contribution is -2.54. The fourth-order valence-electron chi connectivity index (χ4n) is 9.38. The number of piperidine rings is 2. The average molecular weight is 992 g/mol. The average Bonchev–Trinajstić information content (AvgIpc) is 3.66. The highest BCUT2D eigenvalue weighted by Gasteiger charge is 2.46. The van der Waals surface area contributed by atoms with Crippen molar-refractivity contribution in [2.75, 3.05) is 67.1 Å². The molecule has 0 aromatic heterocycles. The van der Waals surface area contributed by atoms with Gasteiger partial charge in [-0.15, -0.1) is 0 Å². The van der Waals surface area contributed by atoms with E-state index in [1.807, 2.05) is 25.1 Å². The van der Waals surface area contributed by atoms with Gasteiger partial charge in [-0.25, -0.2) is 4.79 Å². The van der Waals surface area contributed by atoms with E-state index in [4.69, 9.17) is 33.2 Å². The van der Waals surface area contributed by atoms with Crippen molar-refractivity contribution in [3.05, 3.63) is 101 Å². The van der Waals surface area contributed by atoms with Crippen molar-refractivity contribution >= 4 is 47.1 Å². The van der Waals surface area contributed by atoms with Crippen molar-refractivity contribution in [1.29, 1.82) is 0 Å². The molecule has 0 aliphatic carbocycles. The fraction of sp³-hybridized carbons (Fsp3) is 0.415. The second kappa shape index (κ2) is 23.9. The SMILES string of the molecule is CC[C@H](C(=O)N1CCCC[C@@H]1C(=O)O[C@H](CCc1ccc(OC)c(OC)c1)c1ccc(OCC(=O)NCCNc2cccc3c2C(=O)N(C2CCC(=O)NC2=O)C3=O)cc1)c1cc(OC)c(OC)c(OC)c1. The highest BCUT2D eigenvalue weighted by atomic mass is 16.5. The van der Waals surface area contributed by atoms with E-state index in [9.17, 15) is 33.6 Å². The number of esters is 1. The maximum absolute atomic E-state index is 14.5. The van der Waals surface area contributed by atoms with Gasteiger partial charge >= 0.3 is 5.97 Å². The van der Waals surface area contributed by atoms with Crippen LogP contribution in [0.15, 0.2) is 72.8 Å². The van der Waals surface area contributed by atoms with E-state index in [1.165, 1.54) is 27.4 Å². The predicted octanol–water partition coefficient (Wildman–Crippen LogP) is 5.53. The Kier molecular flexibility index (Phi) is 17.2. The van der Waals surface area contributed by atoms with Crippen LogP contribution in [0.5, 0.6) is 34.5 Å². The van der Waals surface area contributed by atoms with Crippen LogP contribution in [0.2, 0.25) is 0 Å². The maximum atomic E-state index is 14.5. The summed E-state index contributed by atoms with van der Waals surface area (Å²) in [5.41, 5.74) is 2.89. The van der Waals surface area contributed by atoms with Gasteiger partial charge in [0.15, 0.2) is 29.6 Å². The molecule has 4 atom stereocenters. The summed E-state index contributed by atoms with van der Waals surface area (Å²) in [6, 6.07) is 18.9. The van der Waals surface area contributed by atoms with Crippen LogP contribution in [0.25, 0.3) is 0 Å². The molecule has 0 radical (unpaired) electrons. The summed E-state index contributed by atoms with van der Waals surface area (Å²) in [5, 5.41) is 8.05. The van der Waals surface area contributed by atoms with Gasteiger partial charge in [-0.3, -0.25) is 39.0 Å². The van der Waals surface area contributed by atoms with Crippen LogP contribution in [0.4, 0.5) is 5.69 Å². The molecule has 382 valence electrons. The van der Waals surface area contributed by atoms with Crippen LogP contribution in [0, 0.1) is 0 Å². The molecule has 4 aromatic carbocycles. The van der Waals surface area contributed by atoms with Gasteiger partial charge in [0.1, 0.15) is 23.9 Å². The van der Waals surface area contributed by atoms with Crippen LogP contribution >= 0.6 is 0 Å². The van der Waals surface area contributed by atoms with Crippen LogP contribution in [-0.4, -0.2) is 125 Å². The third-order valence-electron chi connectivity index (χ3n) is 13.1. The number of carbonyl (C=O) groups excluding carboxylic acids is 7. The lowest BCUT2D eigenvalue weighted by atomic mass is 9.91. The van der Waals surface area contributed by atoms with Crippen molar-refractivity contribution in [2.24, 2.45) is 0 Å². The number of imide groups is 2. The molecule has 2 saturated heterocycles. The molecule has 4 aromatic rings. The molecule has 1 unspecified atom stereocenters. The minimum atomic E-state index is -1.09. The molecule has 6 amide bonds. The minimum Gasteiger partial charge on any atom is -0.493 e. The van der Waals surface area contributed by atoms with Crippen molar-refractivity contribution in [3.63, 3.8) is 0 Å². The number of amides is 6. The normalized spacial score (nSPS) is 17.2. The zero-order chi connectivity index (χ0) is 51.5. The number of nitrogens with zero attached hydrogens (tertiary/aromatic N) is 2. The van der Waals surface area contributed by atoms with Crippen LogP contribution in [-0.2, 0) is 35.1 Å². The highest BCUT2D eigenvalue weighted by Crippen LogP contribution is 2.42. The molecule has 3 N–H and O–H groups in total. The molecule has 3 heterocycles. The number of methoxy groups -OCH3 is 5. The molecule has 7 rings (SSSR count). The second-order valence-corrected chi connectivity index (χ2v) is 17.4. The molecule has 72 heavy (non-hydrogen) atoms. The lowest BCUT2D eigenvalue weighted by molar-refractivity contribution is -0.162. The summed E-state index contributed by atoms with van der Waals surface area (Å²) in [6.07, 6.45) is 2.57. The number of likely N-dealkylation sites (tertiary alicyclic amines) is 1. The van der Waals surface area contributed by atoms with Crippen molar-refractivity contribution in [1.82, 2.24) is 20.4 Å². The monoisotopic (exact) mass is 991 g/mol. The van der Waals surface area contributed by atoms with E-state index in [2.05, 4.69) is 16.0 Å². The third kappa shape index (κ3) is 11.5. The summed E-state index contributed by atoms with van der Waals surface area (Å²) in [7, 11) is 7.67. The number of nitrogens with one attached hydrogen (secondary N) is 3. The summed E-state index contributed by atoms with van der Waals surface area (Å²) in [5.74, 6) is -1.36. The molecule has 19 heteroatoms. The van der Waals surface area contributed by atoms with E-state index < -0.39 is 59.6 Å². The van der Waals surface area contributed by atoms with Gasteiger partial charge in [-0.2, -0.15) is 0 Å². The van der Waals surface area contributed by atoms with Gasteiger partial charge in [-0.1, -0.05) is 31.2 Å². The zero-order valence-corrected chi connectivity index (χ0v) is 41.3. The molecule has 3 aliphatic rings. The molecule has 3 aliphatic heterocycles. The number of ether oxygens (including phenoxy) is 7. The Morgan fingerprint density at radius 2 is 1.49 bits per heavy atom. The van der Waals surface area contributed by atoms with Gasteiger partial charge < -0.3 is 48.7 Å². The van der Waals surface area contributed by atoms with Crippen molar-refractivity contribution in [3.8, 4) is 34.5 Å². The Bertz CT molecular complexity index is 2650. The first-order chi connectivity index (χ1) is 34.8. The first-order valence-electron chi connectivity index (χ1n) is 23.9. The number of aryl methyl sites for hydroxylation is 1. The van der Waals surface area contributed by atoms with E-state index in [-0.39, 0.29) is 49.6 Å². The quantitative estimate of drug-likeness (QED) is 0.0500. The Morgan fingerprint density at radius 3 is 2.15 bits per heavy atom. The number of fused-ring (bicyclic) bond motifs is 1. The summed E-state index contributed by atoms with van der Waals surface area (Å²) in [6.45, 7) is 2.33. The number of carbonyl (C=O) groups is 7. The van der Waals surface area contributed by atoms with Crippen LogP contribution < -0.4 is 44.4 Å². The zero-order valence-electron chi connectivity index (χ0n) is 41.3. The number of anilines is 1. The summed E-state index contributed by atoms with van der Waals surface area (Å²) in [4.78, 5) is 95.1. The van der Waals surface area contributed by atoms with E-state index in [0.29, 0.717) is 83.5 Å². The first kappa shape index (κ1) is 52.0. The van der Waals surface area contributed by atoms with E-state index in [0.717, 1.165) is 23.3 Å². The number of hydrogen-bond donors (Lipinski definition) is 3. The standard InChI is InChI=1S/C53H61N5O14/c1-7-35(33-28-43(68-4)48(70-6)44(29-33)69-5)50(62)57-26-9-8-13-39(57)53(65)72-40(21-14-31-15-22-41(66-2)42(27-31)67-3)32-16-18-34(19-17-32)71-30-46(60)55-25-24-54-37-12-10-11-36-47(37)52(64)58(51(36)63)38-20-23-45(59)56-49(38)61/h10-12,15-19,22,27-29,35,38-40,54H,7-9,13-14,20-21,23-26,30H2,1-6H3,(H,55,60)(H,56,59,61)/t35-,38?,39+,40+/m0/s1. The molecule has 2 fully saturated rings. The highest BCUT2D eigenvalue weighted by molar-refractivity contribution is 6.25. The maximum Gasteiger partial charge on any atom is 0.329 e. The van der Waals surface area contributed by atoms with Crippen LogP contribution in [0.1, 0.15) is 101 Å². The summed E-state index contributed by atoms with van der Waals surface area (Å²) < 4.78 is 39.9. The number of benzene rings is 4. The topological polar surface area (TPSA) is 227 Å². The van der Waals surface area contributed by atoms with Crippen LogP contribution in [0.3, 0.4) is 0 Å². The van der Waals surface area contributed by atoms with E-state index >= 15 is 0 Å². The molecule has 19 nitrogen and oxygen atoms in total. The molecular weight excluding hydrogens is 931 g/mol. The summed E-state index contributed by atoms with van der Waals surface area (Å²) >= 11 is 0. The van der Waals surface area contributed by atoms with Gasteiger partial charge in [0.2, 0.25) is 23.5 Å². The fourth-order valence-corrected chi connectivity index (χ4v) is 9.38. The predicted molar refractivity (Wildman–Crippen MR) is 262 cm³/mol. The van der Waals surface area contributed by atoms with Gasteiger partial charge in [0, 0.05) is 31.7 Å². The number of hydrogen-bond acceptors (Lipinski definition) is 15. The molecule has 0 spiro atoms. The largest absolute Gasteiger partial charge is 0.493 e. The Labute approximate surface area is 417 Å². The first-order valence-corrected chi connectivity index (χ1v) is 23.9. The minimum absolute atomic E-state index is 0.0107. The van der Waals surface area contributed by atoms with E-state index in [1.54, 1.807) is 67.7 Å². The smallest absolute Gasteiger partial charge is 0.329 e. The van der Waals surface area contributed by atoms with Gasteiger partial charge in [0.25, 0.3) is 17.7 Å². The van der Waals surface area contributed by atoms with Crippen molar-refractivity contribution in [2.45, 2.75) is 82.4 Å². The van der Waals surface area contributed by atoms with Crippen molar-refractivity contribution < 1.29 is 66.7 Å². The Hall–Kier alpha value is -7.83. The molecule has 0 saturated carbocycles. The lowest BCUT2D eigenvalue weighted by Gasteiger charge is -2.37. The molecular formula is C53H61N5O14. The Balaban J connectivity index is 0.988. The molecule has 0 bridgehead atoms. The third-order valence-corrected chi connectivity index (χ3v) is 13.1. The van der Waals surface area contributed by atoms with Gasteiger partial charge in [0.05, 0.1) is 52.6 Å². The van der Waals surface area contributed by atoms with Gasteiger partial charge in [-0.05, 0) is 110 Å². The number of rotatable bonds is 22. The second-order valence-electron chi connectivity index (χ2n) is 17.4.